The first-order valence-electron chi connectivity index (χ1n) is 7.39. The molecule has 2 aromatic carbocycles. The number of para-hydroxylation sites is 1. The summed E-state index contributed by atoms with van der Waals surface area (Å²) < 4.78 is 35.8. The van der Waals surface area contributed by atoms with E-state index >= 15 is 0 Å². The van der Waals surface area contributed by atoms with Gasteiger partial charge in [0.25, 0.3) is 0 Å². The van der Waals surface area contributed by atoms with Crippen molar-refractivity contribution < 1.29 is 22.7 Å². The van der Waals surface area contributed by atoms with E-state index in [1.165, 1.54) is 38.4 Å². The second-order valence-electron chi connectivity index (χ2n) is 5.23. The number of hydrogen-bond donors (Lipinski definition) is 0. The molecule has 6 nitrogen and oxygen atoms in total. The summed E-state index contributed by atoms with van der Waals surface area (Å²) in [5, 5.41) is 0.468. The van der Waals surface area contributed by atoms with E-state index in [4.69, 9.17) is 21.1 Å². The van der Waals surface area contributed by atoms with Gasteiger partial charge in [-0.1, -0.05) is 29.8 Å². The van der Waals surface area contributed by atoms with Crippen molar-refractivity contribution in [1.29, 1.82) is 0 Å². The van der Waals surface area contributed by atoms with Crippen LogP contribution in [0, 0.1) is 0 Å². The van der Waals surface area contributed by atoms with Gasteiger partial charge in [0.05, 0.1) is 15.5 Å². The van der Waals surface area contributed by atoms with Crippen LogP contribution in [0.5, 0.6) is 5.75 Å². The molecule has 0 bridgehead atoms. The molecule has 0 spiro atoms. The fraction of sp³-hybridized carbons (Fsp3) is 0.235. The summed E-state index contributed by atoms with van der Waals surface area (Å²) in [5.74, 6) is -0.127. The molecule has 0 atom stereocenters. The van der Waals surface area contributed by atoms with Gasteiger partial charge in [0.15, 0.2) is 0 Å². The van der Waals surface area contributed by atoms with Crippen molar-refractivity contribution in [3.63, 3.8) is 0 Å². The molecule has 0 fully saturated rings. The number of carbonyl (C=O) groups is 1. The predicted molar refractivity (Wildman–Crippen MR) is 94.5 cm³/mol. The summed E-state index contributed by atoms with van der Waals surface area (Å²) in [4.78, 5) is 12.1. The Balaban J connectivity index is 1.94. The first kappa shape index (κ1) is 19.2. The SMILES string of the molecule is CN(C)S(=O)(=O)c1cccc(C(=O)OCCOc2ccccc2Cl)c1. The number of ether oxygens (including phenoxy) is 2. The minimum atomic E-state index is -3.61. The van der Waals surface area contributed by atoms with E-state index in [9.17, 15) is 13.2 Å². The lowest BCUT2D eigenvalue weighted by atomic mass is 10.2. The van der Waals surface area contributed by atoms with Gasteiger partial charge in [0.1, 0.15) is 19.0 Å². The Morgan fingerprint density at radius 1 is 1.08 bits per heavy atom. The fourth-order valence-corrected chi connectivity index (χ4v) is 3.06. The van der Waals surface area contributed by atoms with E-state index in [1.807, 2.05) is 0 Å². The zero-order chi connectivity index (χ0) is 18.4. The smallest absolute Gasteiger partial charge is 0.338 e. The lowest BCUT2D eigenvalue weighted by Gasteiger charge is -2.12. The van der Waals surface area contributed by atoms with Gasteiger partial charge in [-0.3, -0.25) is 0 Å². The summed E-state index contributed by atoms with van der Waals surface area (Å²) in [6.45, 7) is 0.139. The van der Waals surface area contributed by atoms with Crippen LogP contribution >= 0.6 is 11.6 Å². The standard InChI is InChI=1S/C17H18ClNO5S/c1-19(2)25(21,22)14-7-5-6-13(12-14)17(20)24-11-10-23-16-9-4-3-8-15(16)18/h3-9,12H,10-11H2,1-2H3. The Labute approximate surface area is 152 Å². The Kier molecular flexibility index (Phi) is 6.41. The number of hydrogen-bond acceptors (Lipinski definition) is 5. The molecule has 0 saturated heterocycles. The fourth-order valence-electron chi connectivity index (χ4n) is 1.93. The predicted octanol–water partition coefficient (Wildman–Crippen LogP) is 2.83. The van der Waals surface area contributed by atoms with Crippen molar-refractivity contribution in [2.24, 2.45) is 0 Å². The highest BCUT2D eigenvalue weighted by molar-refractivity contribution is 7.89. The minimum Gasteiger partial charge on any atom is -0.488 e. The second kappa shape index (κ2) is 8.33. The van der Waals surface area contributed by atoms with Gasteiger partial charge in [0, 0.05) is 14.1 Å². The molecule has 0 heterocycles. The van der Waals surface area contributed by atoms with Gasteiger partial charge >= 0.3 is 5.97 Å². The molecule has 0 radical (unpaired) electrons. The molecule has 0 aliphatic carbocycles. The van der Waals surface area contributed by atoms with Crippen LogP contribution in [0.15, 0.2) is 53.4 Å². The van der Waals surface area contributed by atoms with Gasteiger partial charge in [-0.05, 0) is 30.3 Å². The van der Waals surface area contributed by atoms with E-state index in [0.717, 1.165) is 4.31 Å². The average Bonchev–Trinajstić information content (AvgIpc) is 2.60. The molecule has 0 unspecified atom stereocenters. The van der Waals surface area contributed by atoms with E-state index in [0.29, 0.717) is 10.8 Å². The summed E-state index contributed by atoms with van der Waals surface area (Å²) in [6, 6.07) is 12.7. The number of carbonyl (C=O) groups excluding carboxylic acids is 1. The van der Waals surface area contributed by atoms with E-state index < -0.39 is 16.0 Å². The summed E-state index contributed by atoms with van der Waals surface area (Å²) in [5.41, 5.74) is 0.153. The first-order chi connectivity index (χ1) is 11.8. The molecule has 0 aromatic heterocycles. The molecule has 0 aliphatic heterocycles. The van der Waals surface area contributed by atoms with Gasteiger partial charge in [-0.15, -0.1) is 0 Å². The Bertz CT molecular complexity index is 852. The van der Waals surface area contributed by atoms with Crippen molar-refractivity contribution in [2.45, 2.75) is 4.90 Å². The molecule has 0 aliphatic rings. The number of nitrogens with zero attached hydrogens (tertiary/aromatic N) is 1. The number of rotatable bonds is 7. The molecule has 0 N–H and O–H groups in total. The van der Waals surface area contributed by atoms with Gasteiger partial charge in [0.2, 0.25) is 10.0 Å². The molecule has 2 rings (SSSR count). The zero-order valence-corrected chi connectivity index (χ0v) is 15.4. The normalized spacial score (nSPS) is 11.4. The molecule has 8 heteroatoms. The van der Waals surface area contributed by atoms with Crippen molar-refractivity contribution in [3.8, 4) is 5.75 Å². The average molecular weight is 384 g/mol. The van der Waals surface area contributed by atoms with Crippen LogP contribution in [0.25, 0.3) is 0 Å². The largest absolute Gasteiger partial charge is 0.488 e. The van der Waals surface area contributed by atoms with Crippen LogP contribution < -0.4 is 4.74 Å². The molecule has 134 valence electrons. The maximum atomic E-state index is 12.1. The summed E-state index contributed by atoms with van der Waals surface area (Å²) in [6.07, 6.45) is 0. The lowest BCUT2D eigenvalue weighted by molar-refractivity contribution is 0.0450. The number of benzene rings is 2. The maximum Gasteiger partial charge on any atom is 0.338 e. The zero-order valence-electron chi connectivity index (χ0n) is 13.8. The summed E-state index contributed by atoms with van der Waals surface area (Å²) in [7, 11) is -0.767. The van der Waals surface area contributed by atoms with E-state index in [-0.39, 0.29) is 23.7 Å². The molecule has 0 saturated carbocycles. The highest BCUT2D eigenvalue weighted by atomic mass is 35.5. The monoisotopic (exact) mass is 383 g/mol. The van der Waals surface area contributed by atoms with Gasteiger partial charge in [-0.25, -0.2) is 17.5 Å². The Hall–Kier alpha value is -2.09. The number of esters is 1. The van der Waals surface area contributed by atoms with E-state index in [2.05, 4.69) is 0 Å². The highest BCUT2D eigenvalue weighted by Gasteiger charge is 2.19. The number of sulfonamides is 1. The van der Waals surface area contributed by atoms with Gasteiger partial charge < -0.3 is 9.47 Å². The molecule has 25 heavy (non-hydrogen) atoms. The third kappa shape index (κ3) is 4.94. The maximum absolute atomic E-state index is 12.1. The van der Waals surface area contributed by atoms with Crippen molar-refractivity contribution in [1.82, 2.24) is 4.31 Å². The topological polar surface area (TPSA) is 72.9 Å². The third-order valence-corrected chi connectivity index (χ3v) is 5.38. The summed E-state index contributed by atoms with van der Waals surface area (Å²) >= 11 is 5.95. The Morgan fingerprint density at radius 3 is 2.48 bits per heavy atom. The molecule has 2 aromatic rings. The second-order valence-corrected chi connectivity index (χ2v) is 7.79. The van der Waals surface area contributed by atoms with Crippen LogP contribution in [0.1, 0.15) is 10.4 Å². The third-order valence-electron chi connectivity index (χ3n) is 3.26. The molecular formula is C17H18ClNO5S. The van der Waals surface area contributed by atoms with Crippen molar-refractivity contribution in [3.05, 3.63) is 59.1 Å². The van der Waals surface area contributed by atoms with Gasteiger partial charge in [-0.2, -0.15) is 0 Å². The van der Waals surface area contributed by atoms with Crippen molar-refractivity contribution >= 4 is 27.6 Å². The van der Waals surface area contributed by atoms with Crippen LogP contribution in [-0.4, -0.2) is 46.0 Å². The van der Waals surface area contributed by atoms with Crippen LogP contribution in [0.3, 0.4) is 0 Å². The van der Waals surface area contributed by atoms with E-state index in [1.54, 1.807) is 24.3 Å². The highest BCUT2D eigenvalue weighted by Crippen LogP contribution is 2.22. The van der Waals surface area contributed by atoms with Crippen molar-refractivity contribution in [2.75, 3.05) is 27.3 Å². The quantitative estimate of drug-likeness (QED) is 0.543. The first-order valence-corrected chi connectivity index (χ1v) is 9.21. The lowest BCUT2D eigenvalue weighted by Crippen LogP contribution is -2.22. The molecule has 0 amide bonds. The van der Waals surface area contributed by atoms with Crippen LogP contribution in [0.4, 0.5) is 0 Å². The van der Waals surface area contributed by atoms with Crippen LogP contribution in [-0.2, 0) is 14.8 Å². The van der Waals surface area contributed by atoms with Crippen LogP contribution in [0.2, 0.25) is 5.02 Å². The minimum absolute atomic E-state index is 0.00865. The number of halogens is 1. The Morgan fingerprint density at radius 2 is 1.80 bits per heavy atom. The molecular weight excluding hydrogens is 366 g/mol.